The summed E-state index contributed by atoms with van der Waals surface area (Å²) < 4.78 is 0. The van der Waals surface area contributed by atoms with Crippen LogP contribution >= 0.6 is 12.4 Å². The predicted molar refractivity (Wildman–Crippen MR) is 71.9 cm³/mol. The zero-order valence-electron chi connectivity index (χ0n) is 9.99. The molecule has 0 spiro atoms. The van der Waals surface area contributed by atoms with Gasteiger partial charge in [-0.25, -0.2) is 0 Å². The second-order valence-corrected chi connectivity index (χ2v) is 4.83. The number of hydrogen-bond acceptors (Lipinski definition) is 1. The summed E-state index contributed by atoms with van der Waals surface area (Å²) in [6.07, 6.45) is 6.76. The van der Waals surface area contributed by atoms with Crippen molar-refractivity contribution in [3.05, 3.63) is 35.4 Å². The van der Waals surface area contributed by atoms with E-state index in [-0.39, 0.29) is 18.4 Å². The van der Waals surface area contributed by atoms with Crippen molar-refractivity contribution in [1.82, 2.24) is 0 Å². The van der Waals surface area contributed by atoms with Crippen molar-refractivity contribution in [3.63, 3.8) is 0 Å². The Hall–Kier alpha value is -0.530. The van der Waals surface area contributed by atoms with Crippen LogP contribution in [0.5, 0.6) is 0 Å². The largest absolute Gasteiger partial charge is 0.324 e. The molecule has 0 aliphatic heterocycles. The van der Waals surface area contributed by atoms with E-state index < -0.39 is 0 Å². The Morgan fingerprint density at radius 2 is 1.62 bits per heavy atom. The van der Waals surface area contributed by atoms with Crippen LogP contribution in [0.4, 0.5) is 0 Å². The Kier molecular flexibility index (Phi) is 5.30. The molecule has 0 aromatic heterocycles. The second-order valence-electron chi connectivity index (χ2n) is 4.83. The molecule has 2 rings (SSSR count). The first kappa shape index (κ1) is 13.5. The van der Waals surface area contributed by atoms with Gasteiger partial charge in [0, 0.05) is 6.04 Å². The average molecular weight is 240 g/mol. The number of hydrogen-bond donors (Lipinski definition) is 1. The third-order valence-corrected chi connectivity index (χ3v) is 3.62. The zero-order valence-corrected chi connectivity index (χ0v) is 10.8. The molecule has 0 radical (unpaired) electrons. The maximum absolute atomic E-state index is 6.32. The molecule has 0 unspecified atom stereocenters. The molecule has 0 heterocycles. The molecule has 0 saturated heterocycles. The van der Waals surface area contributed by atoms with E-state index in [1.54, 1.807) is 0 Å². The maximum atomic E-state index is 6.32. The molecule has 2 N–H and O–H groups in total. The van der Waals surface area contributed by atoms with Gasteiger partial charge in [-0.05, 0) is 31.2 Å². The molecule has 1 aliphatic carbocycles. The minimum atomic E-state index is 0. The van der Waals surface area contributed by atoms with Crippen LogP contribution in [-0.2, 0) is 0 Å². The molecule has 90 valence electrons. The van der Waals surface area contributed by atoms with Crippen molar-refractivity contribution in [2.75, 3.05) is 0 Å². The molecule has 16 heavy (non-hydrogen) atoms. The highest BCUT2D eigenvalue weighted by Gasteiger charge is 2.21. The van der Waals surface area contributed by atoms with Crippen molar-refractivity contribution >= 4 is 12.4 Å². The molecule has 2 heteroatoms. The summed E-state index contributed by atoms with van der Waals surface area (Å²) >= 11 is 0. The van der Waals surface area contributed by atoms with Crippen LogP contribution < -0.4 is 5.73 Å². The van der Waals surface area contributed by atoms with Gasteiger partial charge in [0.15, 0.2) is 0 Å². The summed E-state index contributed by atoms with van der Waals surface area (Å²) in [7, 11) is 0. The first-order valence-electron chi connectivity index (χ1n) is 6.09. The molecule has 1 aromatic carbocycles. The van der Waals surface area contributed by atoms with Crippen LogP contribution in [0.25, 0.3) is 0 Å². The quantitative estimate of drug-likeness (QED) is 0.830. The van der Waals surface area contributed by atoms with Gasteiger partial charge in [-0.2, -0.15) is 0 Å². The van der Waals surface area contributed by atoms with Crippen molar-refractivity contribution in [3.8, 4) is 0 Å². The number of aryl methyl sites for hydroxylation is 1. The minimum Gasteiger partial charge on any atom is -0.324 e. The van der Waals surface area contributed by atoms with Crippen LogP contribution in [0.3, 0.4) is 0 Å². The van der Waals surface area contributed by atoms with Gasteiger partial charge in [-0.3, -0.25) is 0 Å². The second kappa shape index (κ2) is 6.27. The third-order valence-electron chi connectivity index (χ3n) is 3.62. The standard InChI is InChI=1S/C14H21N.ClH/c1-11-7-9-13(10-8-11)14(15)12-5-3-2-4-6-12;/h7-10,12,14H,2-6,15H2,1H3;1H/t14-;/m1./s1. The lowest BCUT2D eigenvalue weighted by Crippen LogP contribution is -2.23. The van der Waals surface area contributed by atoms with Crippen LogP contribution in [0.1, 0.15) is 49.3 Å². The topological polar surface area (TPSA) is 26.0 Å². The fourth-order valence-corrected chi connectivity index (χ4v) is 2.55. The molecule has 1 saturated carbocycles. The number of halogens is 1. The number of rotatable bonds is 2. The van der Waals surface area contributed by atoms with Crippen molar-refractivity contribution < 1.29 is 0 Å². The van der Waals surface area contributed by atoms with Gasteiger partial charge in [-0.15, -0.1) is 12.4 Å². The fraction of sp³-hybridized carbons (Fsp3) is 0.571. The van der Waals surface area contributed by atoms with E-state index in [1.807, 2.05) is 0 Å². The van der Waals surface area contributed by atoms with Gasteiger partial charge < -0.3 is 5.73 Å². The van der Waals surface area contributed by atoms with E-state index in [9.17, 15) is 0 Å². The van der Waals surface area contributed by atoms with E-state index in [4.69, 9.17) is 5.73 Å². The molecule has 1 atom stereocenters. The Morgan fingerprint density at radius 1 is 1.06 bits per heavy atom. The van der Waals surface area contributed by atoms with Crippen LogP contribution in [0, 0.1) is 12.8 Å². The highest BCUT2D eigenvalue weighted by atomic mass is 35.5. The normalized spacial score (nSPS) is 18.9. The highest BCUT2D eigenvalue weighted by Crippen LogP contribution is 2.32. The zero-order chi connectivity index (χ0) is 10.7. The van der Waals surface area contributed by atoms with Gasteiger partial charge >= 0.3 is 0 Å². The van der Waals surface area contributed by atoms with Crippen molar-refractivity contribution in [2.45, 2.75) is 45.1 Å². The summed E-state index contributed by atoms with van der Waals surface area (Å²) in [5.41, 5.74) is 8.95. The summed E-state index contributed by atoms with van der Waals surface area (Å²) in [6, 6.07) is 8.96. The lowest BCUT2D eigenvalue weighted by Gasteiger charge is -2.27. The van der Waals surface area contributed by atoms with Crippen LogP contribution in [0.2, 0.25) is 0 Å². The molecule has 0 amide bonds. The smallest absolute Gasteiger partial charge is 0.0323 e. The molecule has 0 bridgehead atoms. The summed E-state index contributed by atoms with van der Waals surface area (Å²) in [6.45, 7) is 2.12. The minimum absolute atomic E-state index is 0. The fourth-order valence-electron chi connectivity index (χ4n) is 2.55. The van der Waals surface area contributed by atoms with Gasteiger partial charge in [0.25, 0.3) is 0 Å². The van der Waals surface area contributed by atoms with Crippen molar-refractivity contribution in [2.24, 2.45) is 11.7 Å². The SMILES string of the molecule is Cc1ccc([C@H](N)C2CCCCC2)cc1.Cl. The predicted octanol–water partition coefficient (Wildman–Crippen LogP) is 4.00. The van der Waals surface area contributed by atoms with E-state index in [2.05, 4.69) is 31.2 Å². The number of nitrogens with two attached hydrogens (primary N) is 1. The summed E-state index contributed by atoms with van der Waals surface area (Å²) in [4.78, 5) is 0. The monoisotopic (exact) mass is 239 g/mol. The first-order valence-corrected chi connectivity index (χ1v) is 6.09. The Labute approximate surface area is 105 Å². The van der Waals surface area contributed by atoms with Gasteiger partial charge in [-0.1, -0.05) is 49.1 Å². The highest BCUT2D eigenvalue weighted by molar-refractivity contribution is 5.85. The lowest BCUT2D eigenvalue weighted by atomic mass is 9.81. The van der Waals surface area contributed by atoms with E-state index in [1.165, 1.54) is 43.2 Å². The van der Waals surface area contributed by atoms with Gasteiger partial charge in [0.2, 0.25) is 0 Å². The van der Waals surface area contributed by atoms with Gasteiger partial charge in [0.05, 0.1) is 0 Å². The third kappa shape index (κ3) is 3.23. The van der Waals surface area contributed by atoms with Crippen LogP contribution in [-0.4, -0.2) is 0 Å². The van der Waals surface area contributed by atoms with E-state index in [0.29, 0.717) is 5.92 Å². The molecular weight excluding hydrogens is 218 g/mol. The summed E-state index contributed by atoms with van der Waals surface area (Å²) in [5.74, 6) is 0.710. The molecule has 1 aliphatic rings. The van der Waals surface area contributed by atoms with Crippen molar-refractivity contribution in [1.29, 1.82) is 0 Å². The summed E-state index contributed by atoms with van der Waals surface area (Å²) in [5, 5.41) is 0. The first-order chi connectivity index (χ1) is 7.27. The molecule has 1 aromatic rings. The molecular formula is C14H22ClN. The van der Waals surface area contributed by atoms with Gasteiger partial charge in [0.1, 0.15) is 0 Å². The average Bonchev–Trinajstić information content (AvgIpc) is 2.30. The van der Waals surface area contributed by atoms with E-state index >= 15 is 0 Å². The maximum Gasteiger partial charge on any atom is 0.0323 e. The molecule has 1 nitrogen and oxygen atoms in total. The lowest BCUT2D eigenvalue weighted by molar-refractivity contribution is 0.308. The van der Waals surface area contributed by atoms with Crippen LogP contribution in [0.15, 0.2) is 24.3 Å². The Morgan fingerprint density at radius 3 is 2.19 bits per heavy atom. The number of benzene rings is 1. The Bertz CT molecular complexity index is 301. The van der Waals surface area contributed by atoms with E-state index in [0.717, 1.165) is 0 Å². The Balaban J connectivity index is 0.00000128. The molecule has 1 fully saturated rings.